The number of rotatable bonds is 6. The molecule has 0 aliphatic carbocycles. The number of amides is 1. The van der Waals surface area contributed by atoms with E-state index in [1.165, 1.54) is 6.92 Å². The molecule has 1 N–H and O–H groups in total. The highest BCUT2D eigenvalue weighted by molar-refractivity contribution is 5.76. The first kappa shape index (κ1) is 21.4. The number of aryl methyl sites for hydroxylation is 1. The maximum Gasteiger partial charge on any atom is 0.435 e. The van der Waals surface area contributed by atoms with Crippen molar-refractivity contribution in [2.75, 3.05) is 0 Å². The molecule has 0 spiro atoms. The average molecular weight is 439 g/mol. The summed E-state index contributed by atoms with van der Waals surface area (Å²) in [6, 6.07) is 20.0. The molecule has 0 unspecified atom stereocenters. The van der Waals surface area contributed by atoms with Crippen LogP contribution >= 0.6 is 0 Å². The van der Waals surface area contributed by atoms with Crippen molar-refractivity contribution in [2.24, 2.45) is 0 Å². The minimum atomic E-state index is -4.55. The highest BCUT2D eigenvalue weighted by Crippen LogP contribution is 2.28. The van der Waals surface area contributed by atoms with E-state index in [0.717, 1.165) is 27.6 Å². The number of nitrogens with one attached hydrogen (secondary N) is 1. The Hall–Kier alpha value is -3.88. The van der Waals surface area contributed by atoms with E-state index in [0.29, 0.717) is 5.69 Å². The number of hydrogen-bond acceptors (Lipinski definition) is 3. The first-order chi connectivity index (χ1) is 15.3. The summed E-state index contributed by atoms with van der Waals surface area (Å²) in [6.45, 7) is 1.34. The van der Waals surface area contributed by atoms with Crippen molar-refractivity contribution in [3.8, 4) is 16.9 Å². The van der Waals surface area contributed by atoms with Gasteiger partial charge in [0.05, 0.1) is 11.4 Å². The molecule has 0 radical (unpaired) electrons. The zero-order valence-corrected chi connectivity index (χ0v) is 17.2. The van der Waals surface area contributed by atoms with Crippen LogP contribution in [-0.4, -0.2) is 25.5 Å². The number of halogens is 3. The number of hydrogen-bond donors (Lipinski definition) is 1. The fraction of sp³-hybridized carbons (Fsp3) is 0.174. The van der Waals surface area contributed by atoms with Gasteiger partial charge in [0.1, 0.15) is 6.54 Å². The van der Waals surface area contributed by atoms with Crippen LogP contribution in [0.1, 0.15) is 17.0 Å². The van der Waals surface area contributed by atoms with Gasteiger partial charge in [-0.25, -0.2) is 4.68 Å². The lowest BCUT2D eigenvalue weighted by molar-refractivity contribution is -0.141. The summed E-state index contributed by atoms with van der Waals surface area (Å²) in [4.78, 5) is 12.4. The second-order valence-electron chi connectivity index (χ2n) is 7.25. The second kappa shape index (κ2) is 8.70. The van der Waals surface area contributed by atoms with Crippen LogP contribution in [0.3, 0.4) is 0 Å². The number of para-hydroxylation sites is 1. The number of benzene rings is 2. The molecule has 164 valence electrons. The molecule has 0 saturated carbocycles. The van der Waals surface area contributed by atoms with Crippen LogP contribution in [0.15, 0.2) is 72.9 Å². The summed E-state index contributed by atoms with van der Waals surface area (Å²) in [5.41, 5.74) is 2.50. The number of carbonyl (C=O) groups excluding carboxylic acids is 1. The molecule has 2 heterocycles. The molecule has 9 heteroatoms. The Morgan fingerprint density at radius 3 is 2.28 bits per heavy atom. The van der Waals surface area contributed by atoms with Crippen LogP contribution in [0.5, 0.6) is 0 Å². The fourth-order valence-corrected chi connectivity index (χ4v) is 3.29. The van der Waals surface area contributed by atoms with Gasteiger partial charge in [0, 0.05) is 29.6 Å². The lowest BCUT2D eigenvalue weighted by Gasteiger charge is -2.07. The number of alkyl halides is 3. The molecule has 0 saturated heterocycles. The molecular weight excluding hydrogens is 419 g/mol. The van der Waals surface area contributed by atoms with Crippen molar-refractivity contribution >= 4 is 5.91 Å². The van der Waals surface area contributed by atoms with Gasteiger partial charge < -0.3 is 5.32 Å². The quantitative estimate of drug-likeness (QED) is 0.485. The standard InChI is InChI=1S/C23H20F3N5O/c1-16-12-20(23(24,25)26)28-30(16)15-21(32)27-13-18-14-31(19-10-6-3-7-11-19)29-22(18)17-8-4-2-5-9-17/h2-12,14H,13,15H2,1H3,(H,27,32). The van der Waals surface area contributed by atoms with Gasteiger partial charge in [0.15, 0.2) is 5.69 Å². The third-order valence-corrected chi connectivity index (χ3v) is 4.90. The van der Waals surface area contributed by atoms with Crippen LogP contribution in [0.4, 0.5) is 13.2 Å². The van der Waals surface area contributed by atoms with Crippen LogP contribution < -0.4 is 5.32 Å². The van der Waals surface area contributed by atoms with Crippen molar-refractivity contribution in [3.05, 3.63) is 89.9 Å². The Morgan fingerprint density at radius 1 is 1.00 bits per heavy atom. The molecule has 0 aliphatic rings. The fourth-order valence-electron chi connectivity index (χ4n) is 3.29. The third kappa shape index (κ3) is 4.72. The number of carbonyl (C=O) groups is 1. The summed E-state index contributed by atoms with van der Waals surface area (Å²) in [5.74, 6) is -0.448. The lowest BCUT2D eigenvalue weighted by atomic mass is 10.1. The molecule has 0 atom stereocenters. The van der Waals surface area contributed by atoms with Gasteiger partial charge in [-0.3, -0.25) is 9.48 Å². The van der Waals surface area contributed by atoms with Crippen molar-refractivity contribution in [3.63, 3.8) is 0 Å². The smallest absolute Gasteiger partial charge is 0.350 e. The SMILES string of the molecule is Cc1cc(C(F)(F)F)nn1CC(=O)NCc1cn(-c2ccccc2)nc1-c1ccccc1. The molecule has 2 aromatic heterocycles. The van der Waals surface area contributed by atoms with Crippen LogP contribution in [0, 0.1) is 6.92 Å². The van der Waals surface area contributed by atoms with Gasteiger partial charge in [-0.15, -0.1) is 0 Å². The summed E-state index contributed by atoms with van der Waals surface area (Å²) in [5, 5.41) is 10.9. The van der Waals surface area contributed by atoms with E-state index >= 15 is 0 Å². The Balaban J connectivity index is 1.53. The van der Waals surface area contributed by atoms with Crippen molar-refractivity contribution < 1.29 is 18.0 Å². The van der Waals surface area contributed by atoms with Gasteiger partial charge >= 0.3 is 6.18 Å². The van der Waals surface area contributed by atoms with Crippen molar-refractivity contribution in [1.29, 1.82) is 0 Å². The second-order valence-corrected chi connectivity index (χ2v) is 7.25. The predicted molar refractivity (Wildman–Crippen MR) is 113 cm³/mol. The van der Waals surface area contributed by atoms with Gasteiger partial charge in [0.2, 0.25) is 5.91 Å². The Bertz CT molecular complexity index is 1210. The topological polar surface area (TPSA) is 64.7 Å². The molecule has 0 aliphatic heterocycles. The van der Waals surface area contributed by atoms with Crippen LogP contribution in [0.25, 0.3) is 16.9 Å². The van der Waals surface area contributed by atoms with E-state index < -0.39 is 17.8 Å². The third-order valence-electron chi connectivity index (χ3n) is 4.90. The predicted octanol–water partition coefficient (Wildman–Crippen LogP) is 4.38. The summed E-state index contributed by atoms with van der Waals surface area (Å²) < 4.78 is 41.3. The van der Waals surface area contributed by atoms with Crippen molar-refractivity contribution in [2.45, 2.75) is 26.2 Å². The van der Waals surface area contributed by atoms with Gasteiger partial charge in [-0.1, -0.05) is 48.5 Å². The van der Waals surface area contributed by atoms with E-state index in [1.54, 1.807) is 4.68 Å². The highest BCUT2D eigenvalue weighted by Gasteiger charge is 2.34. The van der Waals surface area contributed by atoms with Crippen LogP contribution in [0.2, 0.25) is 0 Å². The monoisotopic (exact) mass is 439 g/mol. The molecule has 4 aromatic rings. The first-order valence-electron chi connectivity index (χ1n) is 9.89. The van der Waals surface area contributed by atoms with Gasteiger partial charge in [-0.2, -0.15) is 23.4 Å². The number of aromatic nitrogens is 4. The summed E-state index contributed by atoms with van der Waals surface area (Å²) in [7, 11) is 0. The minimum Gasteiger partial charge on any atom is -0.350 e. The zero-order valence-electron chi connectivity index (χ0n) is 17.2. The molecule has 6 nitrogen and oxygen atoms in total. The Morgan fingerprint density at radius 2 is 1.66 bits per heavy atom. The first-order valence-corrected chi connectivity index (χ1v) is 9.89. The maximum absolute atomic E-state index is 12.9. The zero-order chi connectivity index (χ0) is 22.7. The molecule has 32 heavy (non-hydrogen) atoms. The molecule has 0 bridgehead atoms. The van der Waals surface area contributed by atoms with E-state index in [1.807, 2.05) is 66.9 Å². The average Bonchev–Trinajstić information content (AvgIpc) is 3.37. The largest absolute Gasteiger partial charge is 0.435 e. The van der Waals surface area contributed by atoms with Crippen molar-refractivity contribution in [1.82, 2.24) is 24.9 Å². The van der Waals surface area contributed by atoms with Gasteiger partial charge in [-0.05, 0) is 25.1 Å². The van der Waals surface area contributed by atoms with Crippen LogP contribution in [-0.2, 0) is 24.1 Å². The normalized spacial score (nSPS) is 11.5. The minimum absolute atomic E-state index is 0.169. The van der Waals surface area contributed by atoms with E-state index in [4.69, 9.17) is 0 Å². The molecule has 1 amide bonds. The molecule has 0 fully saturated rings. The Labute approximate surface area is 182 Å². The molecular formula is C23H20F3N5O. The lowest BCUT2D eigenvalue weighted by Crippen LogP contribution is -2.28. The van der Waals surface area contributed by atoms with Gasteiger partial charge in [0.25, 0.3) is 0 Å². The van der Waals surface area contributed by atoms with E-state index in [-0.39, 0.29) is 18.8 Å². The number of nitrogens with zero attached hydrogens (tertiary/aromatic N) is 4. The van der Waals surface area contributed by atoms with E-state index in [2.05, 4.69) is 15.5 Å². The molecule has 4 rings (SSSR count). The summed E-state index contributed by atoms with van der Waals surface area (Å²) >= 11 is 0. The maximum atomic E-state index is 12.9. The van der Waals surface area contributed by atoms with E-state index in [9.17, 15) is 18.0 Å². The molecule has 2 aromatic carbocycles. The Kier molecular flexibility index (Phi) is 5.81. The summed E-state index contributed by atoms with van der Waals surface area (Å²) in [6.07, 6.45) is -2.72. The highest BCUT2D eigenvalue weighted by atomic mass is 19.4.